The highest BCUT2D eigenvalue weighted by molar-refractivity contribution is 5.38. The van der Waals surface area contributed by atoms with Gasteiger partial charge in [0.15, 0.2) is 0 Å². The van der Waals surface area contributed by atoms with Gasteiger partial charge < -0.3 is 15.0 Å². The third-order valence-electron chi connectivity index (χ3n) is 3.34. The van der Waals surface area contributed by atoms with E-state index in [4.69, 9.17) is 4.74 Å². The van der Waals surface area contributed by atoms with Gasteiger partial charge in [-0.05, 0) is 19.5 Å². The first-order valence-corrected chi connectivity index (χ1v) is 8.08. The molecule has 1 rings (SSSR count). The van der Waals surface area contributed by atoms with E-state index in [1.165, 1.54) is 0 Å². The molecule has 0 bridgehead atoms. The van der Waals surface area contributed by atoms with Crippen LogP contribution in [-0.2, 0) is 0 Å². The molecular weight excluding hydrogens is 264 g/mol. The summed E-state index contributed by atoms with van der Waals surface area (Å²) in [5, 5.41) is 3.31. The van der Waals surface area contributed by atoms with Crippen molar-refractivity contribution in [3.63, 3.8) is 0 Å². The Balaban J connectivity index is 2.68. The van der Waals surface area contributed by atoms with E-state index in [-0.39, 0.29) is 0 Å². The fourth-order valence-electron chi connectivity index (χ4n) is 1.94. The molecule has 0 saturated heterocycles. The van der Waals surface area contributed by atoms with E-state index >= 15 is 0 Å². The molecule has 0 atom stereocenters. The molecule has 0 radical (unpaired) electrons. The van der Waals surface area contributed by atoms with Crippen molar-refractivity contribution in [1.29, 1.82) is 0 Å². The minimum Gasteiger partial charge on any atom is -0.476 e. The number of nitrogens with zero attached hydrogens (tertiary/aromatic N) is 3. The second kappa shape index (κ2) is 9.55. The lowest BCUT2D eigenvalue weighted by Gasteiger charge is -2.18. The molecule has 1 aromatic rings. The highest BCUT2D eigenvalue weighted by Gasteiger charge is 2.09. The number of nitrogens with one attached hydrogen (secondary N) is 1. The molecule has 5 nitrogen and oxygen atoms in total. The van der Waals surface area contributed by atoms with Crippen molar-refractivity contribution in [1.82, 2.24) is 14.9 Å². The minimum atomic E-state index is 0.290. The third kappa shape index (κ3) is 6.29. The number of ether oxygens (including phenoxy) is 1. The van der Waals surface area contributed by atoms with Gasteiger partial charge >= 0.3 is 0 Å². The lowest BCUT2D eigenvalue weighted by Crippen LogP contribution is -2.28. The minimum absolute atomic E-state index is 0.290. The van der Waals surface area contributed by atoms with Gasteiger partial charge in [0.25, 0.3) is 0 Å². The maximum absolute atomic E-state index is 5.82. The molecule has 0 aliphatic heterocycles. The van der Waals surface area contributed by atoms with E-state index in [1.807, 2.05) is 6.07 Å². The first-order valence-electron chi connectivity index (χ1n) is 8.08. The fourth-order valence-corrected chi connectivity index (χ4v) is 1.94. The van der Waals surface area contributed by atoms with E-state index in [0.29, 0.717) is 18.4 Å². The lowest BCUT2D eigenvalue weighted by molar-refractivity contribution is 0.217. The van der Waals surface area contributed by atoms with Gasteiger partial charge in [-0.1, -0.05) is 34.6 Å². The van der Waals surface area contributed by atoms with Crippen LogP contribution in [0.15, 0.2) is 6.07 Å². The SMILES string of the molecule is CCCNc1cc(OCCN(CC)CC)nc(C(C)C)n1. The Kier molecular flexibility index (Phi) is 8.05. The first kappa shape index (κ1) is 17.7. The van der Waals surface area contributed by atoms with Crippen molar-refractivity contribution in [2.45, 2.75) is 47.0 Å². The summed E-state index contributed by atoms with van der Waals surface area (Å²) in [5.74, 6) is 2.64. The molecule has 0 aliphatic rings. The van der Waals surface area contributed by atoms with Gasteiger partial charge in [-0.25, -0.2) is 4.98 Å². The Morgan fingerprint density at radius 1 is 1.19 bits per heavy atom. The Bertz CT molecular complexity index is 405. The molecule has 0 aromatic carbocycles. The summed E-state index contributed by atoms with van der Waals surface area (Å²) >= 11 is 0. The number of aromatic nitrogens is 2. The number of hydrogen-bond acceptors (Lipinski definition) is 5. The summed E-state index contributed by atoms with van der Waals surface area (Å²) in [6, 6.07) is 1.89. The average molecular weight is 294 g/mol. The maximum atomic E-state index is 5.82. The van der Waals surface area contributed by atoms with Crippen LogP contribution in [0.25, 0.3) is 0 Å². The molecule has 0 aliphatic carbocycles. The van der Waals surface area contributed by atoms with Gasteiger partial charge in [0.1, 0.15) is 18.2 Å². The first-order chi connectivity index (χ1) is 10.1. The predicted molar refractivity (Wildman–Crippen MR) is 88.2 cm³/mol. The molecule has 1 heterocycles. The van der Waals surface area contributed by atoms with E-state index in [0.717, 1.165) is 44.2 Å². The summed E-state index contributed by atoms with van der Waals surface area (Å²) in [5.41, 5.74) is 0. The van der Waals surface area contributed by atoms with Crippen LogP contribution in [0.4, 0.5) is 5.82 Å². The topological polar surface area (TPSA) is 50.3 Å². The van der Waals surface area contributed by atoms with Crippen LogP contribution in [0.3, 0.4) is 0 Å². The van der Waals surface area contributed by atoms with Crippen LogP contribution in [0.5, 0.6) is 5.88 Å². The normalized spacial score (nSPS) is 11.2. The molecule has 0 fully saturated rings. The molecule has 1 N–H and O–H groups in total. The van der Waals surface area contributed by atoms with Crippen LogP contribution in [0, 0.1) is 0 Å². The average Bonchev–Trinajstić information content (AvgIpc) is 2.49. The van der Waals surface area contributed by atoms with Gasteiger partial charge in [-0.2, -0.15) is 4.98 Å². The van der Waals surface area contributed by atoms with Gasteiger partial charge in [-0.15, -0.1) is 0 Å². The Labute approximate surface area is 129 Å². The monoisotopic (exact) mass is 294 g/mol. The molecular formula is C16H30N4O. The summed E-state index contributed by atoms with van der Waals surface area (Å²) in [6.45, 7) is 15.2. The summed E-state index contributed by atoms with van der Waals surface area (Å²) in [6.07, 6.45) is 1.07. The van der Waals surface area contributed by atoms with Crippen molar-refractivity contribution in [3.8, 4) is 5.88 Å². The number of rotatable bonds is 10. The summed E-state index contributed by atoms with van der Waals surface area (Å²) in [4.78, 5) is 11.4. The molecule has 0 amide bonds. The number of anilines is 1. The lowest BCUT2D eigenvalue weighted by atomic mass is 10.2. The highest BCUT2D eigenvalue weighted by atomic mass is 16.5. The van der Waals surface area contributed by atoms with Crippen molar-refractivity contribution in [2.24, 2.45) is 0 Å². The van der Waals surface area contributed by atoms with Crippen LogP contribution in [0.1, 0.15) is 52.8 Å². The number of likely N-dealkylation sites (N-methyl/N-ethyl adjacent to an activating group) is 1. The fraction of sp³-hybridized carbons (Fsp3) is 0.750. The van der Waals surface area contributed by atoms with E-state index in [9.17, 15) is 0 Å². The van der Waals surface area contributed by atoms with Crippen molar-refractivity contribution in [3.05, 3.63) is 11.9 Å². The van der Waals surface area contributed by atoms with Gasteiger partial charge in [0.05, 0.1) is 0 Å². The van der Waals surface area contributed by atoms with Crippen LogP contribution in [0.2, 0.25) is 0 Å². The molecule has 21 heavy (non-hydrogen) atoms. The van der Waals surface area contributed by atoms with Crippen molar-refractivity contribution >= 4 is 5.82 Å². The second-order valence-corrected chi connectivity index (χ2v) is 5.41. The molecule has 0 spiro atoms. The maximum Gasteiger partial charge on any atom is 0.218 e. The van der Waals surface area contributed by atoms with Crippen molar-refractivity contribution < 1.29 is 4.74 Å². The molecule has 1 aromatic heterocycles. The van der Waals surface area contributed by atoms with Crippen LogP contribution in [-0.4, -0.2) is 47.7 Å². The standard InChI is InChI=1S/C16H30N4O/c1-6-9-17-14-12-15(19-16(18-14)13(4)5)21-11-10-20(7-2)8-3/h12-13H,6-11H2,1-5H3,(H,17,18,19). The molecule has 0 unspecified atom stereocenters. The van der Waals surface area contributed by atoms with Gasteiger partial charge in [0.2, 0.25) is 5.88 Å². The highest BCUT2D eigenvalue weighted by Crippen LogP contribution is 2.18. The smallest absolute Gasteiger partial charge is 0.218 e. The number of hydrogen-bond donors (Lipinski definition) is 1. The van der Waals surface area contributed by atoms with Crippen LogP contribution >= 0.6 is 0 Å². The largest absolute Gasteiger partial charge is 0.476 e. The van der Waals surface area contributed by atoms with Gasteiger partial charge in [0, 0.05) is 25.1 Å². The molecule has 120 valence electrons. The van der Waals surface area contributed by atoms with E-state index < -0.39 is 0 Å². The van der Waals surface area contributed by atoms with Crippen molar-refractivity contribution in [2.75, 3.05) is 38.1 Å². The molecule has 0 saturated carbocycles. The predicted octanol–water partition coefficient (Wildman–Crippen LogP) is 3.14. The van der Waals surface area contributed by atoms with E-state index in [1.54, 1.807) is 0 Å². The zero-order valence-electron chi connectivity index (χ0n) is 14.1. The Morgan fingerprint density at radius 2 is 1.90 bits per heavy atom. The Morgan fingerprint density at radius 3 is 2.48 bits per heavy atom. The third-order valence-corrected chi connectivity index (χ3v) is 3.34. The zero-order chi connectivity index (χ0) is 15.7. The van der Waals surface area contributed by atoms with Gasteiger partial charge in [-0.3, -0.25) is 0 Å². The quantitative estimate of drug-likeness (QED) is 0.718. The summed E-state index contributed by atoms with van der Waals surface area (Å²) < 4.78 is 5.82. The van der Waals surface area contributed by atoms with E-state index in [2.05, 4.69) is 54.8 Å². The Hall–Kier alpha value is -1.36. The zero-order valence-corrected chi connectivity index (χ0v) is 14.1. The van der Waals surface area contributed by atoms with Crippen LogP contribution < -0.4 is 10.1 Å². The second-order valence-electron chi connectivity index (χ2n) is 5.41. The summed E-state index contributed by atoms with van der Waals surface area (Å²) in [7, 11) is 0. The molecule has 5 heteroatoms.